The van der Waals surface area contributed by atoms with Crippen molar-refractivity contribution in [2.75, 3.05) is 43.5 Å². The second-order valence-corrected chi connectivity index (χ2v) is 6.75. The molecule has 0 unspecified atom stereocenters. The van der Waals surface area contributed by atoms with E-state index in [9.17, 15) is 4.79 Å². The zero-order valence-electron chi connectivity index (χ0n) is 15.7. The second-order valence-electron chi connectivity index (χ2n) is 6.75. The lowest BCUT2D eigenvalue weighted by Crippen LogP contribution is -2.50. The highest BCUT2D eigenvalue weighted by molar-refractivity contribution is 6.01. The number of amides is 2. The Hall–Kier alpha value is -3.15. The van der Waals surface area contributed by atoms with Gasteiger partial charge in [0, 0.05) is 50.3 Å². The first-order chi connectivity index (χ1) is 13.2. The Bertz CT molecular complexity index is 958. The number of piperazine rings is 1. The predicted molar refractivity (Wildman–Crippen MR) is 109 cm³/mol. The highest BCUT2D eigenvalue weighted by Crippen LogP contribution is 2.29. The lowest BCUT2D eigenvalue weighted by Gasteiger charge is -2.36. The van der Waals surface area contributed by atoms with Gasteiger partial charge in [0.15, 0.2) is 0 Å². The number of rotatable bonds is 3. The number of hydrogen-bond donors (Lipinski definition) is 1. The largest absolute Gasteiger partial charge is 0.495 e. The van der Waals surface area contributed by atoms with E-state index < -0.39 is 0 Å². The van der Waals surface area contributed by atoms with Crippen molar-refractivity contribution in [3.05, 3.63) is 54.7 Å². The molecule has 2 amide bonds. The van der Waals surface area contributed by atoms with Crippen molar-refractivity contribution < 1.29 is 9.53 Å². The first-order valence-corrected chi connectivity index (χ1v) is 9.15. The van der Waals surface area contributed by atoms with Crippen molar-refractivity contribution in [1.82, 2.24) is 9.47 Å². The van der Waals surface area contributed by atoms with Crippen LogP contribution in [0.15, 0.2) is 54.7 Å². The van der Waals surface area contributed by atoms with Crippen LogP contribution in [0.4, 0.5) is 16.2 Å². The molecule has 2 heterocycles. The molecule has 140 valence electrons. The van der Waals surface area contributed by atoms with Crippen molar-refractivity contribution >= 4 is 28.3 Å². The van der Waals surface area contributed by atoms with Crippen LogP contribution in [0.3, 0.4) is 0 Å². The van der Waals surface area contributed by atoms with Crippen molar-refractivity contribution in [2.24, 2.45) is 7.05 Å². The van der Waals surface area contributed by atoms with E-state index >= 15 is 0 Å². The van der Waals surface area contributed by atoms with Crippen LogP contribution in [0.1, 0.15) is 0 Å². The van der Waals surface area contributed by atoms with Gasteiger partial charge in [0.25, 0.3) is 0 Å². The maximum absolute atomic E-state index is 12.7. The minimum absolute atomic E-state index is 0.0500. The zero-order valence-corrected chi connectivity index (χ0v) is 15.7. The molecule has 0 aliphatic carbocycles. The summed E-state index contributed by atoms with van der Waals surface area (Å²) in [5.41, 5.74) is 3.04. The third-order valence-corrected chi connectivity index (χ3v) is 5.13. The molecule has 3 aromatic rings. The number of ether oxygens (including phenoxy) is 1. The highest BCUT2D eigenvalue weighted by atomic mass is 16.5. The zero-order chi connectivity index (χ0) is 18.8. The van der Waals surface area contributed by atoms with Crippen molar-refractivity contribution in [3.8, 4) is 5.75 Å². The number of aromatic nitrogens is 1. The van der Waals surface area contributed by atoms with Crippen LogP contribution in [0.5, 0.6) is 5.75 Å². The van der Waals surface area contributed by atoms with Gasteiger partial charge in [-0.3, -0.25) is 0 Å². The first-order valence-electron chi connectivity index (χ1n) is 9.15. The van der Waals surface area contributed by atoms with Gasteiger partial charge in [-0.2, -0.15) is 0 Å². The molecule has 1 aliphatic heterocycles. The third kappa shape index (κ3) is 3.30. The lowest BCUT2D eigenvalue weighted by atomic mass is 10.2. The topological polar surface area (TPSA) is 49.7 Å². The smallest absolute Gasteiger partial charge is 0.322 e. The van der Waals surface area contributed by atoms with Gasteiger partial charge in [0.2, 0.25) is 0 Å². The Morgan fingerprint density at radius 2 is 1.70 bits per heavy atom. The number of hydrogen-bond acceptors (Lipinski definition) is 3. The third-order valence-electron chi connectivity index (χ3n) is 5.13. The van der Waals surface area contributed by atoms with Crippen LogP contribution in [-0.2, 0) is 7.05 Å². The Labute approximate surface area is 158 Å². The molecule has 2 aromatic carbocycles. The second kappa shape index (κ2) is 7.23. The molecule has 1 saturated heterocycles. The van der Waals surface area contributed by atoms with Crippen molar-refractivity contribution in [1.29, 1.82) is 0 Å². The molecular weight excluding hydrogens is 340 g/mol. The van der Waals surface area contributed by atoms with Crippen LogP contribution < -0.4 is 15.0 Å². The maximum atomic E-state index is 12.7. The SMILES string of the molecule is COc1ccccc1N1CCN(C(=O)Nc2cn(C)c3ccccc23)CC1. The van der Waals surface area contributed by atoms with E-state index in [1.54, 1.807) is 7.11 Å². The summed E-state index contributed by atoms with van der Waals surface area (Å²) < 4.78 is 7.49. The fourth-order valence-corrected chi connectivity index (χ4v) is 3.68. The number of urea groups is 1. The van der Waals surface area contributed by atoms with Crippen molar-refractivity contribution in [2.45, 2.75) is 0 Å². The number of carbonyl (C=O) groups excluding carboxylic acids is 1. The molecule has 6 nitrogen and oxygen atoms in total. The van der Waals surface area contributed by atoms with Gasteiger partial charge in [-0.15, -0.1) is 0 Å². The molecule has 6 heteroatoms. The standard InChI is InChI=1S/C21H24N4O2/c1-23-15-17(16-7-3-4-8-18(16)23)22-21(26)25-13-11-24(12-14-25)19-9-5-6-10-20(19)27-2/h3-10,15H,11-14H2,1-2H3,(H,22,26). The summed E-state index contributed by atoms with van der Waals surface area (Å²) in [5.74, 6) is 0.867. The molecule has 1 fully saturated rings. The Morgan fingerprint density at radius 3 is 2.48 bits per heavy atom. The van der Waals surface area contributed by atoms with Crippen LogP contribution in [-0.4, -0.2) is 48.8 Å². The van der Waals surface area contributed by atoms with Crippen LogP contribution in [0.2, 0.25) is 0 Å². The van der Waals surface area contributed by atoms with Gasteiger partial charge < -0.3 is 24.4 Å². The molecule has 4 rings (SSSR count). The van der Waals surface area contributed by atoms with E-state index in [2.05, 4.69) is 22.3 Å². The van der Waals surface area contributed by atoms with Gasteiger partial charge in [-0.1, -0.05) is 30.3 Å². The van der Waals surface area contributed by atoms with Gasteiger partial charge >= 0.3 is 6.03 Å². The molecule has 1 N–H and O–H groups in total. The number of methoxy groups -OCH3 is 1. The number of nitrogens with zero attached hydrogens (tertiary/aromatic N) is 3. The molecule has 1 aliphatic rings. The van der Waals surface area contributed by atoms with Gasteiger partial charge in [-0.25, -0.2) is 4.79 Å². The fraction of sp³-hybridized carbons (Fsp3) is 0.286. The van der Waals surface area contributed by atoms with Crippen LogP contribution in [0.25, 0.3) is 10.9 Å². The van der Waals surface area contributed by atoms with Crippen LogP contribution in [0, 0.1) is 0 Å². The highest BCUT2D eigenvalue weighted by Gasteiger charge is 2.23. The summed E-state index contributed by atoms with van der Waals surface area (Å²) >= 11 is 0. The van der Waals surface area contributed by atoms with E-state index in [4.69, 9.17) is 4.74 Å². The number of anilines is 2. The first kappa shape index (κ1) is 17.3. The minimum Gasteiger partial charge on any atom is -0.495 e. The van der Waals surface area contributed by atoms with E-state index in [1.807, 2.05) is 59.1 Å². The quantitative estimate of drug-likeness (QED) is 0.773. The summed E-state index contributed by atoms with van der Waals surface area (Å²) in [6, 6.07) is 16.0. The number of fused-ring (bicyclic) bond motifs is 1. The number of aryl methyl sites for hydroxylation is 1. The number of nitrogens with one attached hydrogen (secondary N) is 1. The molecule has 0 radical (unpaired) electrons. The molecule has 1 aromatic heterocycles. The van der Waals surface area contributed by atoms with E-state index in [0.29, 0.717) is 13.1 Å². The summed E-state index contributed by atoms with van der Waals surface area (Å²) in [6.45, 7) is 2.91. The molecule has 0 atom stereocenters. The van der Waals surface area contributed by atoms with Gasteiger partial charge in [0.1, 0.15) is 5.75 Å². The normalized spacial score (nSPS) is 14.4. The average Bonchev–Trinajstić information content (AvgIpc) is 3.04. The maximum Gasteiger partial charge on any atom is 0.322 e. The molecule has 0 spiro atoms. The van der Waals surface area contributed by atoms with Crippen LogP contribution >= 0.6 is 0 Å². The Balaban J connectivity index is 1.43. The molecule has 0 saturated carbocycles. The number of carbonyl (C=O) groups is 1. The number of para-hydroxylation sites is 3. The molecule has 27 heavy (non-hydrogen) atoms. The fourth-order valence-electron chi connectivity index (χ4n) is 3.68. The Kier molecular flexibility index (Phi) is 4.62. The summed E-state index contributed by atoms with van der Waals surface area (Å²) in [6.07, 6.45) is 1.97. The lowest BCUT2D eigenvalue weighted by molar-refractivity contribution is 0.208. The van der Waals surface area contributed by atoms with Gasteiger partial charge in [0.05, 0.1) is 18.5 Å². The number of benzene rings is 2. The Morgan fingerprint density at radius 1 is 1.00 bits per heavy atom. The predicted octanol–water partition coefficient (Wildman–Crippen LogP) is 3.54. The summed E-state index contributed by atoms with van der Waals surface area (Å²) in [4.78, 5) is 16.9. The van der Waals surface area contributed by atoms with E-state index in [-0.39, 0.29) is 6.03 Å². The van der Waals surface area contributed by atoms with E-state index in [0.717, 1.165) is 41.1 Å². The molecular formula is C21H24N4O2. The molecule has 0 bridgehead atoms. The minimum atomic E-state index is -0.0500. The summed E-state index contributed by atoms with van der Waals surface area (Å²) in [7, 11) is 3.68. The van der Waals surface area contributed by atoms with Crippen molar-refractivity contribution in [3.63, 3.8) is 0 Å². The van der Waals surface area contributed by atoms with Gasteiger partial charge in [-0.05, 0) is 18.2 Å². The monoisotopic (exact) mass is 364 g/mol. The summed E-state index contributed by atoms with van der Waals surface area (Å²) in [5, 5.41) is 4.13. The van der Waals surface area contributed by atoms with E-state index in [1.165, 1.54) is 0 Å². The average molecular weight is 364 g/mol.